The zero-order valence-corrected chi connectivity index (χ0v) is 13.7. The Hall–Kier alpha value is -3.20. The van der Waals surface area contributed by atoms with Crippen molar-refractivity contribution in [1.29, 1.82) is 0 Å². The second-order valence-electron chi connectivity index (χ2n) is 5.60. The van der Waals surface area contributed by atoms with Crippen LogP contribution in [0.4, 0.5) is 13.2 Å². The highest BCUT2D eigenvalue weighted by Gasteiger charge is 2.38. The summed E-state index contributed by atoms with van der Waals surface area (Å²) in [5.74, 6) is -2.50. The lowest BCUT2D eigenvalue weighted by atomic mass is 10.1. The number of imide groups is 1. The number of hydroxylamine groups is 2. The number of ether oxygens (including phenoxy) is 1. The summed E-state index contributed by atoms with van der Waals surface area (Å²) < 4.78 is 42.5. The fraction of sp³-hybridized carbons (Fsp3) is 0.167. The Morgan fingerprint density at radius 1 is 0.926 bits per heavy atom. The molecule has 9 heteroatoms. The van der Waals surface area contributed by atoms with Crippen LogP contribution in [0.3, 0.4) is 0 Å². The van der Waals surface area contributed by atoms with E-state index < -0.39 is 36.1 Å². The monoisotopic (exact) mass is 379 g/mol. The molecule has 0 saturated carbocycles. The van der Waals surface area contributed by atoms with Gasteiger partial charge in [0.1, 0.15) is 6.61 Å². The van der Waals surface area contributed by atoms with Crippen LogP contribution in [-0.2, 0) is 27.2 Å². The maximum Gasteiger partial charge on any atom is 0.416 e. The molecule has 1 aliphatic rings. The molecule has 0 aromatic heterocycles. The van der Waals surface area contributed by atoms with Gasteiger partial charge in [0.05, 0.1) is 23.3 Å². The van der Waals surface area contributed by atoms with Crippen LogP contribution >= 0.6 is 0 Å². The van der Waals surface area contributed by atoms with Gasteiger partial charge in [-0.25, -0.2) is 4.79 Å². The summed E-state index contributed by atoms with van der Waals surface area (Å²) in [5, 5.41) is 0.356. The number of alkyl halides is 3. The Morgan fingerprint density at radius 3 is 2.00 bits per heavy atom. The lowest BCUT2D eigenvalue weighted by Crippen LogP contribution is -2.34. The second-order valence-corrected chi connectivity index (χ2v) is 5.60. The first-order chi connectivity index (χ1) is 12.8. The van der Waals surface area contributed by atoms with E-state index in [1.54, 1.807) is 12.1 Å². The lowest BCUT2D eigenvalue weighted by molar-refractivity contribution is -0.174. The van der Waals surface area contributed by atoms with Crippen molar-refractivity contribution in [3.63, 3.8) is 0 Å². The minimum atomic E-state index is -4.43. The quantitative estimate of drug-likeness (QED) is 0.747. The normalized spacial score (nSPS) is 13.7. The third-order valence-corrected chi connectivity index (χ3v) is 3.72. The van der Waals surface area contributed by atoms with Crippen molar-refractivity contribution >= 4 is 17.8 Å². The summed E-state index contributed by atoms with van der Waals surface area (Å²) in [6, 6.07) is 10.3. The molecule has 1 aliphatic heterocycles. The third kappa shape index (κ3) is 3.98. The molecule has 6 nitrogen and oxygen atoms in total. The van der Waals surface area contributed by atoms with Crippen molar-refractivity contribution in [2.75, 3.05) is 6.61 Å². The van der Waals surface area contributed by atoms with Crippen LogP contribution in [0.2, 0.25) is 0 Å². The summed E-state index contributed by atoms with van der Waals surface area (Å²) in [6.45, 7) is -0.732. The summed E-state index contributed by atoms with van der Waals surface area (Å²) in [7, 11) is 0. The number of nitrogens with zero attached hydrogens (tertiary/aromatic N) is 1. The number of carbonyl (C=O) groups is 3. The van der Waals surface area contributed by atoms with E-state index in [2.05, 4.69) is 0 Å². The SMILES string of the molecule is O=C(COCc1ccc(C(F)(F)F)cc1)ON1C(=O)c2ccccc2C1=O. The van der Waals surface area contributed by atoms with Crippen molar-refractivity contribution in [2.24, 2.45) is 0 Å². The lowest BCUT2D eigenvalue weighted by Gasteiger charge is -2.13. The number of hydrogen-bond acceptors (Lipinski definition) is 5. The first-order valence-corrected chi connectivity index (χ1v) is 7.70. The van der Waals surface area contributed by atoms with Gasteiger partial charge in [-0.1, -0.05) is 29.3 Å². The molecule has 0 radical (unpaired) electrons. The second kappa shape index (κ2) is 7.20. The highest BCUT2D eigenvalue weighted by Crippen LogP contribution is 2.29. The number of carbonyl (C=O) groups excluding carboxylic acids is 3. The van der Waals surface area contributed by atoms with Gasteiger partial charge < -0.3 is 9.57 Å². The Bertz CT molecular complexity index is 858. The maximum atomic E-state index is 12.5. The molecule has 0 N–H and O–H groups in total. The number of hydrogen-bond donors (Lipinski definition) is 0. The van der Waals surface area contributed by atoms with Crippen LogP contribution in [0.15, 0.2) is 48.5 Å². The van der Waals surface area contributed by atoms with E-state index in [1.165, 1.54) is 24.3 Å². The third-order valence-electron chi connectivity index (χ3n) is 3.72. The number of fused-ring (bicyclic) bond motifs is 1. The standard InChI is InChI=1S/C18H12F3NO5/c19-18(20,21)12-7-5-11(6-8-12)9-26-10-15(23)27-22-16(24)13-3-1-2-4-14(13)17(22)25/h1-8H,9-10H2. The highest BCUT2D eigenvalue weighted by atomic mass is 19.4. The first kappa shape index (κ1) is 18.6. The Labute approximate surface area is 151 Å². The number of amides is 2. The van der Waals surface area contributed by atoms with E-state index in [0.717, 1.165) is 12.1 Å². The fourth-order valence-corrected chi connectivity index (χ4v) is 2.42. The Kier molecular flexibility index (Phi) is 4.95. The van der Waals surface area contributed by atoms with Crippen LogP contribution in [0.25, 0.3) is 0 Å². The average molecular weight is 379 g/mol. The minimum Gasteiger partial charge on any atom is -0.365 e. The van der Waals surface area contributed by atoms with Gasteiger partial charge in [-0.15, -0.1) is 0 Å². The molecule has 0 atom stereocenters. The van der Waals surface area contributed by atoms with E-state index in [0.29, 0.717) is 10.6 Å². The molecule has 27 heavy (non-hydrogen) atoms. The van der Waals surface area contributed by atoms with Gasteiger partial charge in [-0.3, -0.25) is 9.59 Å². The largest absolute Gasteiger partial charge is 0.416 e. The minimum absolute atomic E-state index is 0.126. The highest BCUT2D eigenvalue weighted by molar-refractivity contribution is 6.20. The van der Waals surface area contributed by atoms with Crippen LogP contribution in [0.1, 0.15) is 31.8 Å². The average Bonchev–Trinajstić information content (AvgIpc) is 2.87. The van der Waals surface area contributed by atoms with Crippen molar-refractivity contribution in [2.45, 2.75) is 12.8 Å². The van der Waals surface area contributed by atoms with E-state index in [-0.39, 0.29) is 17.7 Å². The molecule has 3 rings (SSSR count). The van der Waals surface area contributed by atoms with Gasteiger partial charge in [-0.2, -0.15) is 13.2 Å². The molecule has 0 spiro atoms. The molecule has 0 bridgehead atoms. The molecule has 0 saturated heterocycles. The molecule has 2 aromatic rings. The molecular weight excluding hydrogens is 367 g/mol. The van der Waals surface area contributed by atoms with Crippen LogP contribution in [0.5, 0.6) is 0 Å². The summed E-state index contributed by atoms with van der Waals surface area (Å²) in [4.78, 5) is 40.6. The summed E-state index contributed by atoms with van der Waals surface area (Å²) in [5.41, 5.74) is -0.130. The number of halogens is 3. The van der Waals surface area contributed by atoms with Crippen LogP contribution in [0, 0.1) is 0 Å². The molecule has 140 valence electrons. The fourth-order valence-electron chi connectivity index (χ4n) is 2.42. The molecule has 2 aromatic carbocycles. The first-order valence-electron chi connectivity index (χ1n) is 7.70. The molecular formula is C18H12F3NO5. The zero-order chi connectivity index (χ0) is 19.6. The van der Waals surface area contributed by atoms with Gasteiger partial charge >= 0.3 is 12.1 Å². The van der Waals surface area contributed by atoms with Gasteiger partial charge in [0.15, 0.2) is 0 Å². The topological polar surface area (TPSA) is 72.9 Å². The Morgan fingerprint density at radius 2 is 1.48 bits per heavy atom. The van der Waals surface area contributed by atoms with E-state index in [4.69, 9.17) is 9.57 Å². The van der Waals surface area contributed by atoms with E-state index >= 15 is 0 Å². The van der Waals surface area contributed by atoms with E-state index in [1.807, 2.05) is 0 Å². The van der Waals surface area contributed by atoms with Crippen LogP contribution in [-0.4, -0.2) is 29.5 Å². The Balaban J connectivity index is 1.51. The molecule has 0 aliphatic carbocycles. The van der Waals surface area contributed by atoms with Crippen molar-refractivity contribution < 1.29 is 37.1 Å². The maximum absolute atomic E-state index is 12.5. The van der Waals surface area contributed by atoms with Gasteiger partial charge in [0.2, 0.25) is 0 Å². The molecule has 1 heterocycles. The molecule has 0 fully saturated rings. The molecule has 0 unspecified atom stereocenters. The van der Waals surface area contributed by atoms with Gasteiger partial charge in [-0.05, 0) is 29.8 Å². The zero-order valence-electron chi connectivity index (χ0n) is 13.7. The number of benzene rings is 2. The van der Waals surface area contributed by atoms with Gasteiger partial charge in [0.25, 0.3) is 11.8 Å². The van der Waals surface area contributed by atoms with Crippen molar-refractivity contribution in [1.82, 2.24) is 5.06 Å². The predicted molar refractivity (Wildman–Crippen MR) is 84.1 cm³/mol. The predicted octanol–water partition coefficient (Wildman–Crippen LogP) is 2.98. The van der Waals surface area contributed by atoms with Crippen molar-refractivity contribution in [3.05, 3.63) is 70.8 Å². The van der Waals surface area contributed by atoms with E-state index in [9.17, 15) is 27.6 Å². The smallest absolute Gasteiger partial charge is 0.365 e. The summed E-state index contributed by atoms with van der Waals surface area (Å²) in [6.07, 6.45) is -4.43. The van der Waals surface area contributed by atoms with Gasteiger partial charge in [0, 0.05) is 0 Å². The summed E-state index contributed by atoms with van der Waals surface area (Å²) >= 11 is 0. The molecule has 2 amide bonds. The van der Waals surface area contributed by atoms with Crippen molar-refractivity contribution in [3.8, 4) is 0 Å². The number of rotatable bonds is 5. The van der Waals surface area contributed by atoms with Crippen LogP contribution < -0.4 is 0 Å².